The maximum Gasteiger partial charge on any atom is 0.272 e. The molecule has 0 atom stereocenters. The monoisotopic (exact) mass is 349 g/mol. The minimum atomic E-state index is -0.248. The number of benzene rings is 1. The Labute approximate surface area is 145 Å². The fraction of sp³-hybridized carbons (Fsp3) is 0.412. The number of aromatic nitrogens is 2. The molecule has 0 fully saturated rings. The highest BCUT2D eigenvalue weighted by molar-refractivity contribution is 6.30. The molecule has 24 heavy (non-hydrogen) atoms. The van der Waals surface area contributed by atoms with Crippen molar-refractivity contribution in [1.29, 1.82) is 0 Å². The zero-order valence-corrected chi connectivity index (χ0v) is 14.7. The lowest BCUT2D eigenvalue weighted by Gasteiger charge is -2.21. The van der Waals surface area contributed by atoms with Crippen LogP contribution < -0.4 is 10.1 Å². The number of hydrogen-bond donors (Lipinski definition) is 2. The first-order chi connectivity index (χ1) is 11.3. The third-order valence-corrected chi connectivity index (χ3v) is 4.03. The van der Waals surface area contributed by atoms with Gasteiger partial charge in [-0.2, -0.15) is 5.10 Å². The van der Waals surface area contributed by atoms with Gasteiger partial charge >= 0.3 is 0 Å². The van der Waals surface area contributed by atoms with Gasteiger partial charge in [0.15, 0.2) is 6.79 Å². The predicted molar refractivity (Wildman–Crippen MR) is 90.2 cm³/mol. The van der Waals surface area contributed by atoms with Crippen LogP contribution in [0.5, 0.6) is 5.75 Å². The van der Waals surface area contributed by atoms with E-state index in [2.05, 4.69) is 36.3 Å². The minimum absolute atomic E-state index is 0.0919. The number of rotatable bonds is 3. The molecule has 0 unspecified atom stereocenters. The Morgan fingerprint density at radius 1 is 1.38 bits per heavy atom. The van der Waals surface area contributed by atoms with E-state index in [1.54, 1.807) is 12.1 Å². The molecule has 0 spiro atoms. The van der Waals surface area contributed by atoms with Crippen LogP contribution in [0.3, 0.4) is 0 Å². The van der Waals surface area contributed by atoms with E-state index >= 15 is 0 Å². The summed E-state index contributed by atoms with van der Waals surface area (Å²) in [5, 5.41) is 10.4. The molecular formula is C17H20ClN3O3. The molecule has 3 rings (SSSR count). The number of H-pyrrole nitrogens is 1. The Morgan fingerprint density at radius 3 is 2.88 bits per heavy atom. The fourth-order valence-corrected chi connectivity index (χ4v) is 2.74. The van der Waals surface area contributed by atoms with Crippen LogP contribution in [0.4, 0.5) is 0 Å². The molecule has 1 aromatic heterocycles. The van der Waals surface area contributed by atoms with Crippen molar-refractivity contribution < 1.29 is 14.3 Å². The molecule has 2 heterocycles. The summed E-state index contributed by atoms with van der Waals surface area (Å²) >= 11 is 6.13. The first kappa shape index (κ1) is 16.8. The number of nitrogens with zero attached hydrogens (tertiary/aromatic N) is 1. The second-order valence-electron chi connectivity index (χ2n) is 6.76. The van der Waals surface area contributed by atoms with E-state index in [4.69, 9.17) is 21.1 Å². The third kappa shape index (κ3) is 3.55. The lowest BCUT2D eigenvalue weighted by Crippen LogP contribution is -2.24. The lowest BCUT2D eigenvalue weighted by molar-refractivity contribution is -0.0170. The number of ether oxygens (including phenoxy) is 2. The summed E-state index contributed by atoms with van der Waals surface area (Å²) in [5.41, 5.74) is 2.88. The van der Waals surface area contributed by atoms with Crippen molar-refractivity contribution in [2.45, 2.75) is 39.3 Å². The summed E-state index contributed by atoms with van der Waals surface area (Å²) in [4.78, 5) is 12.3. The zero-order valence-electron chi connectivity index (χ0n) is 13.9. The van der Waals surface area contributed by atoms with E-state index in [1.807, 2.05) is 6.07 Å². The summed E-state index contributed by atoms with van der Waals surface area (Å²) in [5.74, 6) is 0.478. The summed E-state index contributed by atoms with van der Waals surface area (Å²) in [6.45, 7) is 7.12. The highest BCUT2D eigenvalue weighted by Gasteiger charge is 2.20. The zero-order chi connectivity index (χ0) is 17.3. The van der Waals surface area contributed by atoms with Gasteiger partial charge in [-0.05, 0) is 18.2 Å². The van der Waals surface area contributed by atoms with Crippen LogP contribution in [0.2, 0.25) is 5.02 Å². The van der Waals surface area contributed by atoms with Gasteiger partial charge in [-0.25, -0.2) is 0 Å². The van der Waals surface area contributed by atoms with Gasteiger partial charge in [-0.1, -0.05) is 32.4 Å². The second kappa shape index (κ2) is 6.45. The first-order valence-corrected chi connectivity index (χ1v) is 8.08. The maximum absolute atomic E-state index is 12.3. The maximum atomic E-state index is 12.3. The van der Waals surface area contributed by atoms with Gasteiger partial charge in [-0.15, -0.1) is 0 Å². The van der Waals surface area contributed by atoms with Crippen LogP contribution in [-0.2, 0) is 23.3 Å². The van der Waals surface area contributed by atoms with E-state index in [1.165, 1.54) is 0 Å². The second-order valence-corrected chi connectivity index (χ2v) is 7.20. The molecule has 128 valence electrons. The number of hydrogen-bond acceptors (Lipinski definition) is 4. The molecule has 0 bridgehead atoms. The number of carbonyl (C=O) groups is 1. The Bertz CT molecular complexity index is 765. The molecule has 0 saturated heterocycles. The van der Waals surface area contributed by atoms with Gasteiger partial charge in [0, 0.05) is 33.8 Å². The number of nitrogens with one attached hydrogen (secondary N) is 2. The number of aromatic amines is 1. The Kier molecular flexibility index (Phi) is 4.51. The van der Waals surface area contributed by atoms with E-state index in [-0.39, 0.29) is 18.1 Å². The van der Waals surface area contributed by atoms with Crippen molar-refractivity contribution in [3.8, 4) is 5.75 Å². The van der Waals surface area contributed by atoms with Crippen molar-refractivity contribution >= 4 is 17.5 Å². The molecular weight excluding hydrogens is 330 g/mol. The Hall–Kier alpha value is -2.05. The highest BCUT2D eigenvalue weighted by atomic mass is 35.5. The summed E-state index contributed by atoms with van der Waals surface area (Å²) in [7, 11) is 0. The Balaban J connectivity index is 1.73. The third-order valence-electron chi connectivity index (χ3n) is 3.81. The molecule has 2 aromatic rings. The van der Waals surface area contributed by atoms with Crippen LogP contribution in [0.1, 0.15) is 48.1 Å². The number of halogens is 1. The predicted octanol–water partition coefficient (Wildman–Crippen LogP) is 3.16. The molecule has 1 aliphatic rings. The number of carbonyl (C=O) groups excluding carboxylic acids is 1. The van der Waals surface area contributed by atoms with Crippen LogP contribution in [0.25, 0.3) is 0 Å². The van der Waals surface area contributed by atoms with E-state index in [9.17, 15) is 4.79 Å². The van der Waals surface area contributed by atoms with Gasteiger partial charge < -0.3 is 14.8 Å². The fourth-order valence-electron chi connectivity index (χ4n) is 2.48. The normalized spacial score (nSPS) is 14.0. The molecule has 7 heteroatoms. The van der Waals surface area contributed by atoms with Crippen molar-refractivity contribution in [3.63, 3.8) is 0 Å². The average molecular weight is 350 g/mol. The van der Waals surface area contributed by atoms with Crippen molar-refractivity contribution in [1.82, 2.24) is 15.5 Å². The molecule has 0 radical (unpaired) electrons. The van der Waals surface area contributed by atoms with E-state index in [0.717, 1.165) is 22.6 Å². The standard InChI is InChI=1S/C17H20ClN3O3/c1-17(2,3)14-6-13(20-21-14)16(22)19-7-10-4-12(18)5-11-8-23-9-24-15(10)11/h4-6H,7-9H2,1-3H3,(H,19,22)(H,20,21). The quantitative estimate of drug-likeness (QED) is 0.892. The smallest absolute Gasteiger partial charge is 0.272 e. The van der Waals surface area contributed by atoms with Crippen LogP contribution >= 0.6 is 11.6 Å². The van der Waals surface area contributed by atoms with Crippen molar-refractivity contribution in [3.05, 3.63) is 45.7 Å². The van der Waals surface area contributed by atoms with Crippen LogP contribution in [0.15, 0.2) is 18.2 Å². The van der Waals surface area contributed by atoms with E-state index < -0.39 is 0 Å². The SMILES string of the molecule is CC(C)(C)c1cc(C(=O)NCc2cc(Cl)cc3c2OCOC3)n[nH]1. The Morgan fingerprint density at radius 2 is 2.17 bits per heavy atom. The molecule has 1 aliphatic heterocycles. The summed E-state index contributed by atoms with van der Waals surface area (Å²) < 4.78 is 10.8. The van der Waals surface area contributed by atoms with Gasteiger partial charge in [0.05, 0.1) is 6.61 Å². The average Bonchev–Trinajstić information content (AvgIpc) is 3.02. The number of fused-ring (bicyclic) bond motifs is 1. The largest absolute Gasteiger partial charge is 0.467 e. The van der Waals surface area contributed by atoms with E-state index in [0.29, 0.717) is 23.9 Å². The highest BCUT2D eigenvalue weighted by Crippen LogP contribution is 2.31. The van der Waals surface area contributed by atoms with Crippen LogP contribution in [0, 0.1) is 0 Å². The lowest BCUT2D eigenvalue weighted by atomic mass is 9.92. The van der Waals surface area contributed by atoms with Gasteiger partial charge in [-0.3, -0.25) is 9.89 Å². The number of amides is 1. The van der Waals surface area contributed by atoms with Gasteiger partial charge in [0.2, 0.25) is 0 Å². The van der Waals surface area contributed by atoms with Crippen molar-refractivity contribution in [2.24, 2.45) is 0 Å². The summed E-state index contributed by atoms with van der Waals surface area (Å²) in [6, 6.07) is 5.37. The van der Waals surface area contributed by atoms with Crippen LogP contribution in [-0.4, -0.2) is 22.9 Å². The molecule has 6 nitrogen and oxygen atoms in total. The molecule has 1 amide bonds. The molecule has 1 aromatic carbocycles. The van der Waals surface area contributed by atoms with Gasteiger partial charge in [0.1, 0.15) is 11.4 Å². The van der Waals surface area contributed by atoms with Crippen molar-refractivity contribution in [2.75, 3.05) is 6.79 Å². The molecule has 0 saturated carbocycles. The topological polar surface area (TPSA) is 76.2 Å². The minimum Gasteiger partial charge on any atom is -0.467 e. The van der Waals surface area contributed by atoms with Gasteiger partial charge in [0.25, 0.3) is 5.91 Å². The first-order valence-electron chi connectivity index (χ1n) is 7.70. The molecule has 2 N–H and O–H groups in total. The molecule has 0 aliphatic carbocycles. The summed E-state index contributed by atoms with van der Waals surface area (Å²) in [6.07, 6.45) is 0.